The van der Waals surface area contributed by atoms with E-state index in [1.54, 1.807) is 13.8 Å². The first-order valence-electron chi connectivity index (χ1n) is 9.44. The summed E-state index contributed by atoms with van der Waals surface area (Å²) in [7, 11) is -4.38. The number of aryl methyl sites for hydroxylation is 1. The van der Waals surface area contributed by atoms with Gasteiger partial charge in [-0.25, -0.2) is 0 Å². The van der Waals surface area contributed by atoms with Gasteiger partial charge in [-0.2, -0.15) is 0 Å². The Bertz CT molecular complexity index is 759. The van der Waals surface area contributed by atoms with Crippen LogP contribution in [-0.4, -0.2) is 32.9 Å². The van der Waals surface area contributed by atoms with E-state index in [1.165, 1.54) is 0 Å². The van der Waals surface area contributed by atoms with E-state index in [4.69, 9.17) is 9.47 Å². The number of benzene rings is 2. The first-order chi connectivity index (χ1) is 13.2. The Morgan fingerprint density at radius 3 is 2.32 bits per heavy atom. The first-order valence-corrected chi connectivity index (χ1v) is 11.1. The zero-order chi connectivity index (χ0) is 20.6. The van der Waals surface area contributed by atoms with Crippen LogP contribution in [0.3, 0.4) is 0 Å². The molecule has 2 aromatic rings. The minimum atomic E-state index is -4.38. The summed E-state index contributed by atoms with van der Waals surface area (Å²) < 4.78 is 23.1. The second-order valence-corrected chi connectivity index (χ2v) is 8.78. The van der Waals surface area contributed by atoms with Gasteiger partial charge in [0.05, 0.1) is 12.2 Å². The average Bonchev–Trinajstić information content (AvgIpc) is 2.60. The first kappa shape index (κ1) is 22.6. The lowest BCUT2D eigenvalue weighted by Crippen LogP contribution is -2.23. The summed E-state index contributed by atoms with van der Waals surface area (Å²) in [6.07, 6.45) is 0.760. The summed E-state index contributed by atoms with van der Waals surface area (Å²) >= 11 is 0. The molecular formula is C21H29O6P. The monoisotopic (exact) mass is 408 g/mol. The number of hydrogen-bond donors (Lipinski definition) is 3. The normalized spacial score (nSPS) is 15.0. The SMILES string of the molecule is CC(O)CC(C)OC(CCCc1cccc(Oc2ccccc2)c1)P(=O)(O)O. The van der Waals surface area contributed by atoms with Crippen molar-refractivity contribution in [3.05, 3.63) is 60.2 Å². The molecule has 0 aliphatic rings. The van der Waals surface area contributed by atoms with Crippen LogP contribution in [0.25, 0.3) is 0 Å². The molecular weight excluding hydrogens is 379 g/mol. The zero-order valence-electron chi connectivity index (χ0n) is 16.3. The molecule has 0 radical (unpaired) electrons. The Morgan fingerprint density at radius 1 is 1.00 bits per heavy atom. The molecule has 0 aromatic heterocycles. The van der Waals surface area contributed by atoms with Gasteiger partial charge in [0.2, 0.25) is 0 Å². The molecule has 0 heterocycles. The standard InChI is InChI=1S/C21H29O6P/c1-16(22)14-17(2)26-21(28(23,24)25)13-7-9-18-8-6-12-20(15-18)27-19-10-4-3-5-11-19/h3-6,8,10-12,15-17,21-22H,7,9,13-14H2,1-2H3,(H2,23,24,25). The number of aliphatic hydroxyl groups excluding tert-OH is 1. The smallest absolute Gasteiger partial charge is 0.354 e. The van der Waals surface area contributed by atoms with Crippen LogP contribution in [0.5, 0.6) is 11.5 Å². The van der Waals surface area contributed by atoms with Crippen LogP contribution in [0.2, 0.25) is 0 Å². The van der Waals surface area contributed by atoms with Crippen molar-refractivity contribution in [2.45, 2.75) is 57.6 Å². The predicted molar refractivity (Wildman–Crippen MR) is 109 cm³/mol. The van der Waals surface area contributed by atoms with Crippen molar-refractivity contribution >= 4 is 7.60 Å². The highest BCUT2D eigenvalue weighted by molar-refractivity contribution is 7.52. The highest BCUT2D eigenvalue weighted by Gasteiger charge is 2.31. The van der Waals surface area contributed by atoms with Crippen molar-refractivity contribution in [3.63, 3.8) is 0 Å². The number of rotatable bonds is 11. The fourth-order valence-corrected chi connectivity index (χ4v) is 3.87. The summed E-state index contributed by atoms with van der Waals surface area (Å²) in [6.45, 7) is 3.33. The van der Waals surface area contributed by atoms with E-state index in [2.05, 4.69) is 0 Å². The molecule has 0 saturated heterocycles. The van der Waals surface area contributed by atoms with Gasteiger partial charge in [-0.05, 0) is 69.4 Å². The van der Waals surface area contributed by atoms with Gasteiger partial charge in [-0.1, -0.05) is 30.3 Å². The molecule has 0 saturated carbocycles. The summed E-state index contributed by atoms with van der Waals surface area (Å²) in [4.78, 5) is 19.1. The van der Waals surface area contributed by atoms with Gasteiger partial charge in [-0.15, -0.1) is 0 Å². The molecule has 0 aliphatic heterocycles. The molecule has 28 heavy (non-hydrogen) atoms. The van der Waals surface area contributed by atoms with Gasteiger partial charge in [0.1, 0.15) is 11.5 Å². The lowest BCUT2D eigenvalue weighted by molar-refractivity contribution is -0.00260. The van der Waals surface area contributed by atoms with Crippen LogP contribution in [-0.2, 0) is 15.7 Å². The molecule has 0 aliphatic carbocycles. The van der Waals surface area contributed by atoms with E-state index < -0.39 is 25.6 Å². The fourth-order valence-electron chi connectivity index (χ4n) is 2.99. The van der Waals surface area contributed by atoms with Gasteiger partial charge < -0.3 is 24.4 Å². The molecule has 0 fully saturated rings. The van der Waals surface area contributed by atoms with Gasteiger partial charge in [0.25, 0.3) is 0 Å². The molecule has 0 spiro atoms. The number of hydrogen-bond acceptors (Lipinski definition) is 4. The third kappa shape index (κ3) is 8.13. The van der Waals surface area contributed by atoms with E-state index >= 15 is 0 Å². The summed E-state index contributed by atoms with van der Waals surface area (Å²) in [5.74, 6) is 0.309. The summed E-state index contributed by atoms with van der Waals surface area (Å²) in [5, 5.41) is 9.41. The average molecular weight is 408 g/mol. The van der Waals surface area contributed by atoms with E-state index in [-0.39, 0.29) is 6.42 Å². The molecule has 3 N–H and O–H groups in total. The third-order valence-electron chi connectivity index (χ3n) is 4.23. The molecule has 2 rings (SSSR count). The second-order valence-electron chi connectivity index (χ2n) is 7.03. The van der Waals surface area contributed by atoms with Crippen LogP contribution in [0.1, 0.15) is 38.7 Å². The van der Waals surface area contributed by atoms with Crippen molar-refractivity contribution in [3.8, 4) is 11.5 Å². The van der Waals surface area contributed by atoms with Crippen LogP contribution >= 0.6 is 7.60 Å². The minimum Gasteiger partial charge on any atom is -0.457 e. The van der Waals surface area contributed by atoms with Gasteiger partial charge in [-0.3, -0.25) is 4.57 Å². The lowest BCUT2D eigenvalue weighted by Gasteiger charge is -2.24. The van der Waals surface area contributed by atoms with Gasteiger partial charge in [0, 0.05) is 0 Å². The highest BCUT2D eigenvalue weighted by Crippen LogP contribution is 2.45. The molecule has 0 amide bonds. The maximum atomic E-state index is 11.7. The van der Waals surface area contributed by atoms with Crippen molar-refractivity contribution in [2.24, 2.45) is 0 Å². The largest absolute Gasteiger partial charge is 0.457 e. The molecule has 3 atom stereocenters. The van der Waals surface area contributed by atoms with Crippen LogP contribution in [0.4, 0.5) is 0 Å². The van der Waals surface area contributed by atoms with E-state index in [0.717, 1.165) is 17.1 Å². The Kier molecular flexibility index (Phi) is 8.67. The summed E-state index contributed by atoms with van der Waals surface area (Å²) in [5.41, 5.74) is 1.02. The highest BCUT2D eigenvalue weighted by atomic mass is 31.2. The van der Waals surface area contributed by atoms with Crippen LogP contribution in [0, 0.1) is 0 Å². The number of para-hydroxylation sites is 1. The quantitative estimate of drug-likeness (QED) is 0.475. The van der Waals surface area contributed by atoms with Crippen molar-refractivity contribution in [2.75, 3.05) is 0 Å². The number of aliphatic hydroxyl groups is 1. The maximum Gasteiger partial charge on any atom is 0.354 e. The van der Waals surface area contributed by atoms with Gasteiger partial charge in [0.15, 0.2) is 5.85 Å². The van der Waals surface area contributed by atoms with E-state index in [9.17, 15) is 19.5 Å². The zero-order valence-corrected chi connectivity index (χ0v) is 17.2. The predicted octanol–water partition coefficient (Wildman–Crippen LogP) is 4.48. The summed E-state index contributed by atoms with van der Waals surface area (Å²) in [6, 6.07) is 17.1. The van der Waals surface area contributed by atoms with Crippen molar-refractivity contribution in [1.29, 1.82) is 0 Å². The Labute approximate surface area is 166 Å². The lowest BCUT2D eigenvalue weighted by atomic mass is 10.1. The molecule has 6 nitrogen and oxygen atoms in total. The van der Waals surface area contributed by atoms with Gasteiger partial charge >= 0.3 is 7.60 Å². The van der Waals surface area contributed by atoms with Crippen molar-refractivity contribution < 1.29 is 28.9 Å². The van der Waals surface area contributed by atoms with Crippen molar-refractivity contribution in [1.82, 2.24) is 0 Å². The fraction of sp³-hybridized carbons (Fsp3) is 0.429. The molecule has 7 heteroatoms. The van der Waals surface area contributed by atoms with E-state index in [1.807, 2.05) is 54.6 Å². The molecule has 2 aromatic carbocycles. The number of ether oxygens (including phenoxy) is 2. The molecule has 0 bridgehead atoms. The molecule has 154 valence electrons. The minimum absolute atomic E-state index is 0.234. The maximum absolute atomic E-state index is 11.7. The third-order valence-corrected chi connectivity index (χ3v) is 5.36. The Morgan fingerprint density at radius 2 is 1.68 bits per heavy atom. The molecule has 3 unspecified atom stereocenters. The van der Waals surface area contributed by atoms with Crippen LogP contribution < -0.4 is 4.74 Å². The topological polar surface area (TPSA) is 96.2 Å². The van der Waals surface area contributed by atoms with Crippen LogP contribution in [0.15, 0.2) is 54.6 Å². The Hall–Kier alpha value is -1.69. The Balaban J connectivity index is 1.91. The van der Waals surface area contributed by atoms with E-state index in [0.29, 0.717) is 19.3 Å². The second kappa shape index (κ2) is 10.7.